The molecule has 0 radical (unpaired) electrons. The fraction of sp³-hybridized carbons (Fsp3) is 0.333. The Labute approximate surface area is 157 Å². The summed E-state index contributed by atoms with van der Waals surface area (Å²) in [4.78, 5) is 20.6. The van der Waals surface area contributed by atoms with Crippen molar-refractivity contribution in [2.24, 2.45) is 0 Å². The van der Waals surface area contributed by atoms with Gasteiger partial charge in [-0.05, 0) is 25.0 Å². The zero-order valence-corrected chi connectivity index (χ0v) is 15.9. The van der Waals surface area contributed by atoms with E-state index in [9.17, 15) is 9.59 Å². The fourth-order valence-corrected chi connectivity index (χ4v) is 1.30. The minimum absolute atomic E-state index is 0.193. The molecular weight excluding hydrogens is 330 g/mol. The minimum Gasteiger partial charge on any atom is -0.463 e. The number of carbonyl (C=O) groups excluding carboxylic acids is 2. The molecule has 0 saturated heterocycles. The van der Waals surface area contributed by atoms with Crippen LogP contribution in [0.1, 0.15) is 32.3 Å². The predicted molar refractivity (Wildman–Crippen MR) is 107 cm³/mol. The summed E-state index contributed by atoms with van der Waals surface area (Å²) in [5.41, 5.74) is 1.17. The van der Waals surface area contributed by atoms with E-state index in [0.717, 1.165) is 18.9 Å². The van der Waals surface area contributed by atoms with Crippen LogP contribution < -0.4 is 5.32 Å². The van der Waals surface area contributed by atoms with Gasteiger partial charge < -0.3 is 14.8 Å². The van der Waals surface area contributed by atoms with Crippen LogP contribution in [-0.2, 0) is 19.1 Å². The first-order chi connectivity index (χ1) is 12.5. The zero-order chi connectivity index (χ0) is 20.0. The average molecular weight is 361 g/mol. The molecule has 1 amide bonds. The third-order valence-corrected chi connectivity index (χ3v) is 2.66. The zero-order valence-electron chi connectivity index (χ0n) is 15.9. The maximum atomic E-state index is 10.5. The van der Waals surface area contributed by atoms with Crippen molar-refractivity contribution in [3.63, 3.8) is 0 Å². The van der Waals surface area contributed by atoms with E-state index in [0.29, 0.717) is 13.2 Å². The van der Waals surface area contributed by atoms with Gasteiger partial charge in [0.15, 0.2) is 0 Å². The molecule has 0 heterocycles. The Morgan fingerprint density at radius 3 is 2.12 bits per heavy atom. The molecule has 1 N–H and O–H groups in total. The van der Waals surface area contributed by atoms with E-state index >= 15 is 0 Å². The summed E-state index contributed by atoms with van der Waals surface area (Å²) < 4.78 is 9.50. The van der Waals surface area contributed by atoms with Crippen LogP contribution in [0.5, 0.6) is 0 Å². The highest BCUT2D eigenvalue weighted by molar-refractivity contribution is 5.86. The van der Waals surface area contributed by atoms with Crippen molar-refractivity contribution >= 4 is 18.0 Å². The van der Waals surface area contributed by atoms with E-state index < -0.39 is 0 Å². The molecule has 0 aliphatic heterocycles. The van der Waals surface area contributed by atoms with Gasteiger partial charge in [0.25, 0.3) is 0 Å². The first-order valence-electron chi connectivity index (χ1n) is 8.50. The summed E-state index contributed by atoms with van der Waals surface area (Å²) in [5.74, 6) is -0.552. The molecule has 1 rings (SSSR count). The van der Waals surface area contributed by atoms with Gasteiger partial charge in [0.2, 0.25) is 5.91 Å². The van der Waals surface area contributed by atoms with Gasteiger partial charge in [-0.15, -0.1) is 0 Å². The smallest absolute Gasteiger partial charge is 0.330 e. The number of benzene rings is 1. The van der Waals surface area contributed by atoms with Crippen LogP contribution in [-0.4, -0.2) is 31.8 Å². The van der Waals surface area contributed by atoms with Crippen molar-refractivity contribution in [3.8, 4) is 0 Å². The van der Waals surface area contributed by atoms with Crippen molar-refractivity contribution in [2.75, 3.05) is 19.9 Å². The molecule has 0 atom stereocenters. The van der Waals surface area contributed by atoms with E-state index in [2.05, 4.69) is 36.7 Å². The van der Waals surface area contributed by atoms with E-state index in [1.165, 1.54) is 11.6 Å². The molecule has 144 valence electrons. The Morgan fingerprint density at radius 2 is 1.73 bits per heavy atom. The molecule has 0 aliphatic rings. The third kappa shape index (κ3) is 19.4. The Kier molecular flexibility index (Phi) is 20.1. The Hall–Kier alpha value is -2.66. The number of unbranched alkanes of at least 4 members (excludes halogenated alkanes) is 1. The fourth-order valence-electron chi connectivity index (χ4n) is 1.30. The molecule has 0 unspecified atom stereocenters. The van der Waals surface area contributed by atoms with Crippen molar-refractivity contribution < 1.29 is 19.1 Å². The molecule has 0 bridgehead atoms. The number of esters is 1. The second kappa shape index (κ2) is 20.4. The summed E-state index contributed by atoms with van der Waals surface area (Å²) in [6.45, 7) is 15.4. The van der Waals surface area contributed by atoms with Gasteiger partial charge in [-0.2, -0.15) is 0 Å². The van der Waals surface area contributed by atoms with E-state index in [-0.39, 0.29) is 18.6 Å². The van der Waals surface area contributed by atoms with Crippen molar-refractivity contribution in [1.29, 1.82) is 0 Å². The molecule has 0 spiro atoms. The van der Waals surface area contributed by atoms with Crippen LogP contribution in [0.4, 0.5) is 0 Å². The lowest BCUT2D eigenvalue weighted by Crippen LogP contribution is -2.23. The largest absolute Gasteiger partial charge is 0.463 e. The highest BCUT2D eigenvalue weighted by Crippen LogP contribution is 1.97. The SMILES string of the molecule is C=CC(=O)NCOCCCC.C=CC(=O)OCC.C=Cc1ccccc1. The van der Waals surface area contributed by atoms with Crippen LogP contribution >= 0.6 is 0 Å². The van der Waals surface area contributed by atoms with Gasteiger partial charge in [0.1, 0.15) is 6.73 Å². The van der Waals surface area contributed by atoms with Gasteiger partial charge in [-0.1, -0.05) is 69.5 Å². The Morgan fingerprint density at radius 1 is 1.08 bits per heavy atom. The molecule has 1 aromatic rings. The van der Waals surface area contributed by atoms with Crippen LogP contribution in [0.25, 0.3) is 6.08 Å². The first-order valence-corrected chi connectivity index (χ1v) is 8.50. The molecule has 0 aromatic heterocycles. The van der Waals surface area contributed by atoms with Gasteiger partial charge in [0, 0.05) is 12.7 Å². The molecular formula is C21H31NO4. The van der Waals surface area contributed by atoms with Gasteiger partial charge in [-0.25, -0.2) is 4.79 Å². The maximum absolute atomic E-state index is 10.5. The Bertz CT molecular complexity index is 512. The van der Waals surface area contributed by atoms with Gasteiger partial charge >= 0.3 is 5.97 Å². The summed E-state index contributed by atoms with van der Waals surface area (Å²) in [6.07, 6.45) is 6.34. The van der Waals surface area contributed by atoms with Gasteiger partial charge in [0.05, 0.1) is 6.61 Å². The molecule has 5 heteroatoms. The lowest BCUT2D eigenvalue weighted by Gasteiger charge is -2.02. The van der Waals surface area contributed by atoms with Crippen molar-refractivity contribution in [3.05, 3.63) is 67.8 Å². The lowest BCUT2D eigenvalue weighted by molar-refractivity contribution is -0.137. The van der Waals surface area contributed by atoms with E-state index in [1.54, 1.807) is 6.92 Å². The second-order valence-corrected chi connectivity index (χ2v) is 4.72. The second-order valence-electron chi connectivity index (χ2n) is 4.72. The standard InChI is InChI=1S/C8H15NO2.C8H8.C5H8O2/c1-3-5-6-11-7-9-8(10)4-2;1-2-8-6-4-3-5-7-8;1-3-5(6)7-4-2/h4H,2-3,5-7H2,1H3,(H,9,10);2-7H,1H2;3H,1,4H2,2H3. The summed E-state index contributed by atoms with van der Waals surface area (Å²) in [7, 11) is 0. The van der Waals surface area contributed by atoms with Crippen LogP contribution in [0, 0.1) is 0 Å². The molecule has 0 fully saturated rings. The van der Waals surface area contributed by atoms with Gasteiger partial charge in [-0.3, -0.25) is 4.79 Å². The number of ether oxygens (including phenoxy) is 2. The topological polar surface area (TPSA) is 64.6 Å². The number of amides is 1. The number of hydrogen-bond donors (Lipinski definition) is 1. The average Bonchev–Trinajstić information content (AvgIpc) is 2.69. The molecule has 0 aliphatic carbocycles. The lowest BCUT2D eigenvalue weighted by atomic mass is 10.2. The monoisotopic (exact) mass is 361 g/mol. The summed E-state index contributed by atoms with van der Waals surface area (Å²) in [6, 6.07) is 10.0. The van der Waals surface area contributed by atoms with Crippen LogP contribution in [0.3, 0.4) is 0 Å². The number of nitrogens with one attached hydrogen (secondary N) is 1. The first kappa shape index (κ1) is 25.6. The molecule has 5 nitrogen and oxygen atoms in total. The van der Waals surface area contributed by atoms with Crippen LogP contribution in [0.2, 0.25) is 0 Å². The minimum atomic E-state index is -0.359. The third-order valence-electron chi connectivity index (χ3n) is 2.66. The number of carbonyl (C=O) groups is 2. The number of hydrogen-bond acceptors (Lipinski definition) is 4. The van der Waals surface area contributed by atoms with Crippen molar-refractivity contribution in [2.45, 2.75) is 26.7 Å². The summed E-state index contributed by atoms with van der Waals surface area (Å²) in [5, 5.41) is 2.51. The normalized spacial score (nSPS) is 8.54. The highest BCUT2D eigenvalue weighted by atomic mass is 16.5. The van der Waals surface area contributed by atoms with Crippen molar-refractivity contribution in [1.82, 2.24) is 5.32 Å². The molecule has 0 saturated carbocycles. The van der Waals surface area contributed by atoms with E-state index in [1.807, 2.05) is 36.4 Å². The maximum Gasteiger partial charge on any atom is 0.330 e. The van der Waals surface area contributed by atoms with E-state index in [4.69, 9.17) is 4.74 Å². The Balaban J connectivity index is 0. The quantitative estimate of drug-likeness (QED) is 0.311. The molecule has 26 heavy (non-hydrogen) atoms. The highest BCUT2D eigenvalue weighted by Gasteiger charge is 1.90. The number of rotatable bonds is 9. The molecule has 1 aromatic carbocycles. The van der Waals surface area contributed by atoms with Crippen LogP contribution in [0.15, 0.2) is 62.2 Å². The summed E-state index contributed by atoms with van der Waals surface area (Å²) >= 11 is 0. The predicted octanol–water partition coefficient (Wildman–Crippen LogP) is 4.13.